The quantitative estimate of drug-likeness (QED) is 0.167. The van der Waals surface area contributed by atoms with Crippen molar-refractivity contribution in [3.05, 3.63) is 0 Å². The number of hydrazine groups is 1. The van der Waals surface area contributed by atoms with Crippen molar-refractivity contribution in [1.82, 2.24) is 25.8 Å². The normalized spacial score (nSPS) is 23.1. The van der Waals surface area contributed by atoms with Crippen molar-refractivity contribution in [2.75, 3.05) is 46.4 Å². The Morgan fingerprint density at radius 1 is 1.36 bits per heavy atom. The molecule has 164 valence electrons. The lowest BCUT2D eigenvalue weighted by Crippen LogP contribution is -2.41. The van der Waals surface area contributed by atoms with Crippen LogP contribution >= 0.6 is 0 Å². The summed E-state index contributed by atoms with van der Waals surface area (Å²) >= 11 is 0. The molecule has 0 aliphatic carbocycles. The van der Waals surface area contributed by atoms with Crippen molar-refractivity contribution in [3.63, 3.8) is 0 Å². The van der Waals surface area contributed by atoms with E-state index in [0.717, 1.165) is 44.1 Å². The number of fused-ring (bicyclic) bond motifs is 2. The zero-order chi connectivity index (χ0) is 20.6. The highest BCUT2D eigenvalue weighted by Gasteiger charge is 2.42. The van der Waals surface area contributed by atoms with E-state index in [-0.39, 0.29) is 6.04 Å². The van der Waals surface area contributed by atoms with Crippen LogP contribution in [0.5, 0.6) is 0 Å². The molecule has 3 aliphatic rings. The van der Waals surface area contributed by atoms with Crippen LogP contribution in [0.4, 0.5) is 4.79 Å². The number of piperidine rings is 2. The molecule has 13 heteroatoms. The van der Waals surface area contributed by atoms with Gasteiger partial charge in [-0.1, -0.05) is 0 Å². The Bertz CT molecular complexity index is 588. The van der Waals surface area contributed by atoms with E-state index >= 15 is 0 Å². The van der Waals surface area contributed by atoms with E-state index in [0.29, 0.717) is 25.6 Å². The smallest absolute Gasteiger partial charge is 0.321 e. The molecule has 3 heterocycles. The Hall–Kier alpha value is -1.06. The average Bonchev–Trinajstić information content (AvgIpc) is 2.88. The van der Waals surface area contributed by atoms with Gasteiger partial charge in [-0.3, -0.25) is 9.39 Å². The molecule has 28 heavy (non-hydrogen) atoms. The summed E-state index contributed by atoms with van der Waals surface area (Å²) in [5.74, 6) is 5.47. The van der Waals surface area contributed by atoms with Gasteiger partial charge in [0.1, 0.15) is 0 Å². The summed E-state index contributed by atoms with van der Waals surface area (Å²) in [5.41, 5.74) is 0. The highest BCUT2D eigenvalue weighted by Crippen LogP contribution is 2.26. The molecule has 3 rings (SSSR count). The molecule has 0 aromatic rings. The first-order chi connectivity index (χ1) is 13.3. The third-order valence-electron chi connectivity index (χ3n) is 4.92. The zero-order valence-corrected chi connectivity index (χ0v) is 17.1. The van der Waals surface area contributed by atoms with E-state index < -0.39 is 16.4 Å². The number of hydroxylamine groups is 3. The molecule has 3 fully saturated rings. The fourth-order valence-electron chi connectivity index (χ4n) is 3.47. The number of carbonyl (C=O) groups is 1. The van der Waals surface area contributed by atoms with E-state index in [9.17, 15) is 13.2 Å². The molecule has 3 aliphatic heterocycles. The van der Waals surface area contributed by atoms with Gasteiger partial charge in [-0.15, -0.1) is 9.46 Å². The number of hydrogen-bond acceptors (Lipinski definition) is 9. The van der Waals surface area contributed by atoms with Crippen LogP contribution in [0.3, 0.4) is 0 Å². The van der Waals surface area contributed by atoms with Gasteiger partial charge < -0.3 is 15.5 Å². The molecule has 0 aromatic heterocycles. The second kappa shape index (κ2) is 11.2. The Morgan fingerprint density at radius 2 is 2.07 bits per heavy atom. The zero-order valence-electron chi connectivity index (χ0n) is 16.2. The van der Waals surface area contributed by atoms with Crippen molar-refractivity contribution in [1.29, 1.82) is 0 Å². The van der Waals surface area contributed by atoms with Crippen LogP contribution in [-0.4, -0.2) is 92.6 Å². The van der Waals surface area contributed by atoms with Crippen molar-refractivity contribution in [3.8, 4) is 0 Å². The molecule has 5 N–H and O–H groups in total. The molecule has 3 saturated heterocycles. The van der Waals surface area contributed by atoms with Gasteiger partial charge >= 0.3 is 16.4 Å². The van der Waals surface area contributed by atoms with Crippen LogP contribution in [0.2, 0.25) is 0 Å². The third kappa shape index (κ3) is 7.75. The fraction of sp³-hybridized carbons (Fsp3) is 0.933. The van der Waals surface area contributed by atoms with Crippen molar-refractivity contribution < 1.29 is 26.9 Å². The van der Waals surface area contributed by atoms with Gasteiger partial charge in [0.2, 0.25) is 0 Å². The highest BCUT2D eigenvalue weighted by molar-refractivity contribution is 7.80. The average molecular weight is 425 g/mol. The van der Waals surface area contributed by atoms with Gasteiger partial charge in [0.05, 0.1) is 13.2 Å². The van der Waals surface area contributed by atoms with Gasteiger partial charge in [-0.05, 0) is 51.7 Å². The number of nitrogens with zero attached hydrogens (tertiary/aromatic N) is 3. The standard InChI is InChI=1S/C9H22N4O.C6H10N2O5S/c1-14-13(10)8-2-5-12-9-3-6-11-7-4-9;9-6-7-3-1-2-5(4-7)8(6)13-14(10,11)12/h9,11-12H,2-8,10H2,1H3;5H,1-4H2,(H,10,11,12). The summed E-state index contributed by atoms with van der Waals surface area (Å²) in [6.45, 7) is 5.14. The molecule has 0 spiro atoms. The molecular weight excluding hydrogens is 392 g/mol. The molecule has 1 unspecified atom stereocenters. The van der Waals surface area contributed by atoms with E-state index in [2.05, 4.69) is 14.9 Å². The van der Waals surface area contributed by atoms with Crippen molar-refractivity contribution in [2.24, 2.45) is 5.84 Å². The molecule has 0 aromatic carbocycles. The second-order valence-corrected chi connectivity index (χ2v) is 8.01. The van der Waals surface area contributed by atoms with Crippen LogP contribution in [0.25, 0.3) is 0 Å². The lowest BCUT2D eigenvalue weighted by Gasteiger charge is -2.24. The first kappa shape index (κ1) is 23.2. The van der Waals surface area contributed by atoms with Crippen LogP contribution in [0.15, 0.2) is 0 Å². The monoisotopic (exact) mass is 424 g/mol. The van der Waals surface area contributed by atoms with Gasteiger partial charge in [0.25, 0.3) is 0 Å². The lowest BCUT2D eigenvalue weighted by molar-refractivity contribution is -0.134. The van der Waals surface area contributed by atoms with Crippen LogP contribution in [0, 0.1) is 0 Å². The Morgan fingerprint density at radius 3 is 2.68 bits per heavy atom. The maximum Gasteiger partial charge on any atom is 0.418 e. The minimum Gasteiger partial charge on any atom is -0.321 e. The SMILES string of the molecule is CON(N)CCCNC1CCNCC1.O=C1N2CCCC(C2)N1OS(=O)(=O)O. The van der Waals surface area contributed by atoms with Gasteiger partial charge in [0, 0.05) is 25.7 Å². The minimum atomic E-state index is -4.60. The molecule has 0 saturated carbocycles. The molecule has 1 atom stereocenters. The predicted octanol–water partition coefficient (Wildman–Crippen LogP) is -0.924. The summed E-state index contributed by atoms with van der Waals surface area (Å²) in [6.07, 6.45) is 5.00. The Balaban J connectivity index is 0.000000200. The number of nitrogens with two attached hydrogens (primary N) is 1. The Kier molecular flexibility index (Phi) is 9.30. The molecule has 2 bridgehead atoms. The van der Waals surface area contributed by atoms with Gasteiger partial charge in [-0.25, -0.2) is 10.6 Å². The summed E-state index contributed by atoms with van der Waals surface area (Å²) in [4.78, 5) is 17.7. The maximum absolute atomic E-state index is 11.4. The summed E-state index contributed by atoms with van der Waals surface area (Å²) < 4.78 is 33.5. The van der Waals surface area contributed by atoms with Gasteiger partial charge in [-0.2, -0.15) is 13.5 Å². The number of nitrogens with one attached hydrogen (secondary N) is 2. The number of amides is 2. The topological polar surface area (TPSA) is 150 Å². The van der Waals surface area contributed by atoms with Gasteiger partial charge in [0.15, 0.2) is 0 Å². The third-order valence-corrected chi connectivity index (χ3v) is 5.27. The number of rotatable bonds is 8. The molecule has 2 amide bonds. The Labute approximate surface area is 166 Å². The minimum absolute atomic E-state index is 0.266. The fourth-order valence-corrected chi connectivity index (χ4v) is 3.86. The molecule has 12 nitrogen and oxygen atoms in total. The number of carbonyl (C=O) groups excluding carboxylic acids is 1. The number of hydrogen-bond donors (Lipinski definition) is 4. The first-order valence-electron chi connectivity index (χ1n) is 9.55. The molecule has 0 radical (unpaired) electrons. The lowest BCUT2D eigenvalue weighted by atomic mass is 10.1. The van der Waals surface area contributed by atoms with Crippen LogP contribution in [0.1, 0.15) is 32.1 Å². The second-order valence-electron chi connectivity index (χ2n) is 7.01. The largest absolute Gasteiger partial charge is 0.418 e. The van der Waals surface area contributed by atoms with Crippen molar-refractivity contribution in [2.45, 2.75) is 44.2 Å². The highest BCUT2D eigenvalue weighted by atomic mass is 32.3. The summed E-state index contributed by atoms with van der Waals surface area (Å²) in [5, 5.41) is 8.97. The van der Waals surface area contributed by atoms with Crippen LogP contribution < -0.4 is 16.5 Å². The predicted molar refractivity (Wildman–Crippen MR) is 101 cm³/mol. The van der Waals surface area contributed by atoms with Crippen molar-refractivity contribution >= 4 is 16.4 Å². The summed E-state index contributed by atoms with van der Waals surface area (Å²) in [6, 6.07) is -0.0756. The molecular formula is C15H32N6O6S. The maximum atomic E-state index is 11.4. The first-order valence-corrected chi connectivity index (χ1v) is 10.9. The van der Waals surface area contributed by atoms with E-state index in [1.807, 2.05) is 0 Å². The van der Waals surface area contributed by atoms with E-state index in [4.69, 9.17) is 15.2 Å². The summed E-state index contributed by atoms with van der Waals surface area (Å²) in [7, 11) is -3.02. The van der Waals surface area contributed by atoms with Crippen LogP contribution in [-0.2, 0) is 19.5 Å². The van der Waals surface area contributed by atoms with E-state index in [1.54, 1.807) is 7.11 Å². The number of urea groups is 1. The van der Waals surface area contributed by atoms with E-state index in [1.165, 1.54) is 22.9 Å².